The summed E-state index contributed by atoms with van der Waals surface area (Å²) >= 11 is 0. The van der Waals surface area contributed by atoms with E-state index in [0.29, 0.717) is 23.9 Å². The highest BCUT2D eigenvalue weighted by atomic mass is 31.2. The van der Waals surface area contributed by atoms with Crippen LogP contribution in [0.3, 0.4) is 0 Å². The number of likely N-dealkylation sites (N-methyl/N-ethyl adjacent to an activating group) is 1. The Morgan fingerprint density at radius 1 is 0.686 bits per heavy atom. The maximum atomic E-state index is 12.8. The van der Waals surface area contributed by atoms with Crippen molar-refractivity contribution in [2.75, 3.05) is 40.9 Å². The second-order valence-electron chi connectivity index (χ2n) is 15.0. The molecular formula is C42H80N2O6P+. The van der Waals surface area contributed by atoms with Gasteiger partial charge >= 0.3 is 7.82 Å². The van der Waals surface area contributed by atoms with Gasteiger partial charge in [0.2, 0.25) is 5.91 Å². The molecular weight excluding hydrogens is 659 g/mol. The van der Waals surface area contributed by atoms with Gasteiger partial charge < -0.3 is 19.8 Å². The Kier molecular flexibility index (Phi) is 33.2. The van der Waals surface area contributed by atoms with E-state index in [1.165, 1.54) is 83.5 Å². The van der Waals surface area contributed by atoms with Crippen molar-refractivity contribution in [3.8, 4) is 0 Å². The molecule has 51 heavy (non-hydrogen) atoms. The molecule has 0 heterocycles. The van der Waals surface area contributed by atoms with Crippen LogP contribution in [0, 0.1) is 0 Å². The fourth-order valence-electron chi connectivity index (χ4n) is 5.58. The summed E-state index contributed by atoms with van der Waals surface area (Å²) in [7, 11) is 1.57. The smallest absolute Gasteiger partial charge is 0.391 e. The monoisotopic (exact) mass is 740 g/mol. The maximum absolute atomic E-state index is 12.8. The quantitative estimate of drug-likeness (QED) is 0.0256. The minimum atomic E-state index is -4.33. The Morgan fingerprint density at radius 2 is 1.14 bits per heavy atom. The first-order valence-electron chi connectivity index (χ1n) is 20.5. The van der Waals surface area contributed by atoms with Crippen molar-refractivity contribution in [1.82, 2.24) is 5.32 Å². The zero-order valence-electron chi connectivity index (χ0n) is 33.6. The second-order valence-corrected chi connectivity index (χ2v) is 16.4. The largest absolute Gasteiger partial charge is 0.472 e. The van der Waals surface area contributed by atoms with Crippen molar-refractivity contribution in [1.29, 1.82) is 0 Å². The molecule has 0 aromatic carbocycles. The van der Waals surface area contributed by atoms with Crippen LogP contribution >= 0.6 is 7.82 Å². The van der Waals surface area contributed by atoms with E-state index < -0.39 is 20.0 Å². The van der Waals surface area contributed by atoms with Gasteiger partial charge in [-0.3, -0.25) is 13.8 Å². The maximum Gasteiger partial charge on any atom is 0.472 e. The Balaban J connectivity index is 4.52. The number of rotatable bonds is 36. The lowest BCUT2D eigenvalue weighted by atomic mass is 10.0. The predicted molar refractivity (Wildman–Crippen MR) is 217 cm³/mol. The Labute approximate surface area is 314 Å². The average molecular weight is 740 g/mol. The zero-order chi connectivity index (χ0) is 37.9. The normalized spacial score (nSPS) is 15.0. The summed E-state index contributed by atoms with van der Waals surface area (Å²) in [5.74, 6) is -0.226. The number of allylic oxidation sites excluding steroid dienone is 8. The zero-order valence-corrected chi connectivity index (χ0v) is 34.5. The first-order valence-corrected chi connectivity index (χ1v) is 22.0. The van der Waals surface area contributed by atoms with E-state index in [9.17, 15) is 19.4 Å². The van der Waals surface area contributed by atoms with Crippen molar-refractivity contribution in [3.63, 3.8) is 0 Å². The van der Waals surface area contributed by atoms with Crippen LogP contribution in [-0.4, -0.2) is 73.4 Å². The number of hydrogen-bond donors (Lipinski definition) is 3. The number of hydrogen-bond acceptors (Lipinski definition) is 5. The molecule has 8 nitrogen and oxygen atoms in total. The van der Waals surface area contributed by atoms with Crippen molar-refractivity contribution >= 4 is 13.7 Å². The molecule has 3 atom stereocenters. The summed E-state index contributed by atoms with van der Waals surface area (Å²) in [4.78, 5) is 23.0. The van der Waals surface area contributed by atoms with Crippen LogP contribution in [0.15, 0.2) is 48.6 Å². The van der Waals surface area contributed by atoms with Crippen LogP contribution < -0.4 is 5.32 Å². The number of unbranched alkanes of at least 4 members (excludes halogenated alkanes) is 15. The molecule has 0 fully saturated rings. The molecule has 3 N–H and O–H groups in total. The molecule has 1 amide bonds. The SMILES string of the molecule is CC/C=C\C/C=C\C/C=C\C/C=C\CCC(=O)NC(COP(=O)(O)OCC[N+](C)(C)C)C(O)CCCCCCCCCCCCCCCCCC. The van der Waals surface area contributed by atoms with Gasteiger partial charge in [0, 0.05) is 6.42 Å². The molecule has 0 saturated heterocycles. The number of aliphatic hydroxyl groups excluding tert-OH is 1. The van der Waals surface area contributed by atoms with Gasteiger partial charge in [-0.05, 0) is 38.5 Å². The van der Waals surface area contributed by atoms with Gasteiger partial charge in [0.05, 0.1) is 39.9 Å². The molecule has 0 aliphatic heterocycles. The molecule has 0 aliphatic rings. The molecule has 0 spiro atoms. The van der Waals surface area contributed by atoms with Gasteiger partial charge in [-0.25, -0.2) is 4.57 Å². The van der Waals surface area contributed by atoms with Crippen LogP contribution in [0.25, 0.3) is 0 Å². The molecule has 298 valence electrons. The third-order valence-corrected chi connectivity index (χ3v) is 9.84. The number of nitrogens with zero attached hydrogens (tertiary/aromatic N) is 1. The molecule has 0 aromatic rings. The minimum Gasteiger partial charge on any atom is -0.391 e. The highest BCUT2D eigenvalue weighted by Crippen LogP contribution is 2.43. The molecule has 0 bridgehead atoms. The van der Waals surface area contributed by atoms with Gasteiger partial charge in [-0.1, -0.05) is 165 Å². The van der Waals surface area contributed by atoms with Crippen LogP contribution in [0.5, 0.6) is 0 Å². The molecule has 0 rings (SSSR count). The van der Waals surface area contributed by atoms with Crippen LogP contribution in [0.1, 0.15) is 162 Å². The summed E-state index contributed by atoms with van der Waals surface area (Å²) in [6.45, 7) is 4.70. The molecule has 0 aromatic heterocycles. The van der Waals surface area contributed by atoms with Crippen LogP contribution in [-0.2, 0) is 18.4 Å². The fraction of sp³-hybridized carbons (Fsp3) is 0.786. The Morgan fingerprint density at radius 3 is 1.61 bits per heavy atom. The lowest BCUT2D eigenvalue weighted by molar-refractivity contribution is -0.870. The number of phosphoric acid groups is 1. The van der Waals surface area contributed by atoms with Crippen molar-refractivity contribution in [2.45, 2.75) is 174 Å². The van der Waals surface area contributed by atoms with Gasteiger partial charge in [0.25, 0.3) is 0 Å². The summed E-state index contributed by atoms with van der Waals surface area (Å²) in [6, 6.07) is -0.797. The third kappa shape index (κ3) is 36.6. The molecule has 0 aliphatic carbocycles. The number of carbonyl (C=O) groups is 1. The fourth-order valence-corrected chi connectivity index (χ4v) is 6.32. The summed E-state index contributed by atoms with van der Waals surface area (Å²) < 4.78 is 23.5. The van der Waals surface area contributed by atoms with E-state index >= 15 is 0 Å². The predicted octanol–water partition coefficient (Wildman–Crippen LogP) is 10.9. The number of aliphatic hydroxyl groups is 1. The highest BCUT2D eigenvalue weighted by molar-refractivity contribution is 7.47. The van der Waals surface area contributed by atoms with E-state index in [2.05, 4.69) is 55.6 Å². The van der Waals surface area contributed by atoms with E-state index in [1.54, 1.807) is 0 Å². The van der Waals surface area contributed by atoms with Gasteiger partial charge in [-0.15, -0.1) is 0 Å². The number of quaternary nitrogens is 1. The first-order chi connectivity index (χ1) is 24.5. The van der Waals surface area contributed by atoms with E-state index in [-0.39, 0.29) is 25.5 Å². The van der Waals surface area contributed by atoms with E-state index in [0.717, 1.165) is 44.9 Å². The summed E-state index contributed by atoms with van der Waals surface area (Å²) in [5.41, 5.74) is 0. The molecule has 0 radical (unpaired) electrons. The van der Waals surface area contributed by atoms with Crippen LogP contribution in [0.4, 0.5) is 0 Å². The number of amides is 1. The average Bonchev–Trinajstić information content (AvgIpc) is 3.07. The van der Waals surface area contributed by atoms with Crippen molar-refractivity contribution in [3.05, 3.63) is 48.6 Å². The number of phosphoric ester groups is 1. The van der Waals surface area contributed by atoms with Crippen LogP contribution in [0.2, 0.25) is 0 Å². The molecule has 0 saturated carbocycles. The highest BCUT2D eigenvalue weighted by Gasteiger charge is 2.28. The standard InChI is InChI=1S/C42H79N2O6P/c1-6-8-10-12-14-16-18-20-21-22-24-25-27-29-31-33-35-41(45)40(39-50-51(47,48)49-38-37-44(3,4)5)43-42(46)36-34-32-30-28-26-23-19-17-15-13-11-9-7-2/h9,11,15,17,23,26,30,32,40-41,45H,6-8,10,12-14,16,18-22,24-25,27-29,31,33-39H2,1-5H3,(H-,43,46,47,48)/p+1/b11-9-,17-15-,26-23-,32-30-. The summed E-state index contributed by atoms with van der Waals surface area (Å²) in [6.07, 6.45) is 41.5. The lowest BCUT2D eigenvalue weighted by Gasteiger charge is -2.26. The van der Waals surface area contributed by atoms with Gasteiger partial charge in [0.15, 0.2) is 0 Å². The van der Waals surface area contributed by atoms with Gasteiger partial charge in [-0.2, -0.15) is 0 Å². The Bertz CT molecular complexity index is 975. The minimum absolute atomic E-state index is 0.0604. The number of carbonyl (C=O) groups excluding carboxylic acids is 1. The topological polar surface area (TPSA) is 105 Å². The third-order valence-electron chi connectivity index (χ3n) is 8.85. The molecule has 3 unspecified atom stereocenters. The summed E-state index contributed by atoms with van der Waals surface area (Å²) in [5, 5.41) is 13.9. The van der Waals surface area contributed by atoms with Crippen molar-refractivity contribution < 1.29 is 32.9 Å². The first kappa shape index (κ1) is 49.5. The molecule has 9 heteroatoms. The van der Waals surface area contributed by atoms with E-state index in [1.807, 2.05) is 33.3 Å². The van der Waals surface area contributed by atoms with E-state index in [4.69, 9.17) is 9.05 Å². The Hall–Kier alpha value is -1.54. The lowest BCUT2D eigenvalue weighted by Crippen LogP contribution is -2.46. The van der Waals surface area contributed by atoms with Crippen molar-refractivity contribution in [2.24, 2.45) is 0 Å². The second kappa shape index (κ2) is 34.2. The number of nitrogens with one attached hydrogen (secondary N) is 1. The van der Waals surface area contributed by atoms with Gasteiger partial charge in [0.1, 0.15) is 13.2 Å².